The van der Waals surface area contributed by atoms with E-state index in [0.717, 1.165) is 5.56 Å². The normalized spacial score (nSPS) is 11.4. The Morgan fingerprint density at radius 1 is 1.35 bits per heavy atom. The van der Waals surface area contributed by atoms with Gasteiger partial charge in [0.1, 0.15) is 17.8 Å². The summed E-state index contributed by atoms with van der Waals surface area (Å²) in [4.78, 5) is 19.6. The quantitative estimate of drug-likeness (QED) is 0.875. The van der Waals surface area contributed by atoms with Crippen LogP contribution in [0.3, 0.4) is 0 Å². The van der Waals surface area contributed by atoms with Gasteiger partial charge in [0.05, 0.1) is 17.7 Å². The number of nitrogens with zero attached hydrogens (tertiary/aromatic N) is 3. The zero-order valence-corrected chi connectivity index (χ0v) is 10.9. The van der Waals surface area contributed by atoms with Gasteiger partial charge in [-0.25, -0.2) is 9.97 Å². The van der Waals surface area contributed by atoms with Crippen LogP contribution >= 0.6 is 0 Å². The maximum Gasteiger partial charge on any atom is 0.270 e. The van der Waals surface area contributed by atoms with Gasteiger partial charge in [-0.2, -0.15) is 5.26 Å². The molecule has 6 nitrogen and oxygen atoms in total. The highest BCUT2D eigenvalue weighted by Crippen LogP contribution is 2.13. The van der Waals surface area contributed by atoms with Crippen molar-refractivity contribution in [1.82, 2.24) is 15.3 Å². The molecule has 0 saturated heterocycles. The minimum atomic E-state index is -0.323. The van der Waals surface area contributed by atoms with Crippen LogP contribution in [-0.4, -0.2) is 15.9 Å². The van der Waals surface area contributed by atoms with Crippen molar-refractivity contribution in [3.63, 3.8) is 0 Å². The van der Waals surface area contributed by atoms with Gasteiger partial charge < -0.3 is 11.1 Å². The first-order chi connectivity index (χ1) is 9.60. The number of hydrogen-bond acceptors (Lipinski definition) is 5. The highest BCUT2D eigenvalue weighted by Gasteiger charge is 2.12. The van der Waals surface area contributed by atoms with E-state index in [1.54, 1.807) is 24.3 Å². The third-order valence-corrected chi connectivity index (χ3v) is 2.81. The Labute approximate surface area is 116 Å². The van der Waals surface area contributed by atoms with Crippen LogP contribution in [0.25, 0.3) is 0 Å². The number of rotatable bonds is 3. The smallest absolute Gasteiger partial charge is 0.270 e. The fourth-order valence-electron chi connectivity index (χ4n) is 1.70. The number of carbonyl (C=O) groups is 1. The van der Waals surface area contributed by atoms with Gasteiger partial charge in [0, 0.05) is 6.07 Å². The van der Waals surface area contributed by atoms with Crippen molar-refractivity contribution >= 4 is 11.7 Å². The van der Waals surface area contributed by atoms with E-state index in [-0.39, 0.29) is 23.5 Å². The molecular formula is C14H13N5O. The largest absolute Gasteiger partial charge is 0.384 e. The monoisotopic (exact) mass is 267 g/mol. The molecule has 1 atom stereocenters. The number of hydrogen-bond donors (Lipinski definition) is 2. The summed E-state index contributed by atoms with van der Waals surface area (Å²) < 4.78 is 0. The SMILES string of the molecule is CC(NC(=O)c1cc(N)ncn1)c1ccc(C#N)cc1. The van der Waals surface area contributed by atoms with Crippen LogP contribution in [0.2, 0.25) is 0 Å². The Bertz CT molecular complexity index is 660. The van der Waals surface area contributed by atoms with Gasteiger partial charge in [-0.05, 0) is 24.6 Å². The van der Waals surface area contributed by atoms with E-state index in [9.17, 15) is 4.79 Å². The second-order valence-corrected chi connectivity index (χ2v) is 4.26. The molecule has 1 amide bonds. The van der Waals surface area contributed by atoms with Crippen molar-refractivity contribution in [2.75, 3.05) is 5.73 Å². The van der Waals surface area contributed by atoms with E-state index in [1.165, 1.54) is 12.4 Å². The molecule has 0 saturated carbocycles. The van der Waals surface area contributed by atoms with Gasteiger partial charge >= 0.3 is 0 Å². The van der Waals surface area contributed by atoms with Gasteiger partial charge in [0.25, 0.3) is 5.91 Å². The second-order valence-electron chi connectivity index (χ2n) is 4.26. The maximum atomic E-state index is 12.0. The summed E-state index contributed by atoms with van der Waals surface area (Å²) in [5.74, 6) is -0.0767. The van der Waals surface area contributed by atoms with Crippen LogP contribution in [-0.2, 0) is 0 Å². The molecule has 1 heterocycles. The summed E-state index contributed by atoms with van der Waals surface area (Å²) in [6.45, 7) is 1.85. The molecule has 3 N–H and O–H groups in total. The summed E-state index contributed by atoms with van der Waals surface area (Å²) in [6, 6.07) is 10.3. The first-order valence-corrected chi connectivity index (χ1v) is 5.98. The summed E-state index contributed by atoms with van der Waals surface area (Å²) >= 11 is 0. The first kappa shape index (κ1) is 13.5. The number of carbonyl (C=O) groups excluding carboxylic acids is 1. The van der Waals surface area contributed by atoms with E-state index in [4.69, 9.17) is 11.0 Å². The number of nitrogen functional groups attached to an aromatic ring is 1. The number of aromatic nitrogens is 2. The van der Waals surface area contributed by atoms with Crippen LogP contribution in [0.4, 0.5) is 5.82 Å². The van der Waals surface area contributed by atoms with E-state index < -0.39 is 0 Å². The van der Waals surface area contributed by atoms with E-state index >= 15 is 0 Å². The third kappa shape index (κ3) is 3.09. The lowest BCUT2D eigenvalue weighted by atomic mass is 10.1. The van der Waals surface area contributed by atoms with E-state index in [2.05, 4.69) is 15.3 Å². The number of amides is 1. The van der Waals surface area contributed by atoms with Crippen molar-refractivity contribution in [3.05, 3.63) is 53.5 Å². The van der Waals surface area contributed by atoms with Crippen molar-refractivity contribution in [2.45, 2.75) is 13.0 Å². The standard InChI is InChI=1S/C14H13N5O/c1-9(11-4-2-10(7-15)3-5-11)19-14(20)12-6-13(16)18-8-17-12/h2-6,8-9H,1H3,(H,19,20)(H2,16,17,18). The molecule has 0 bridgehead atoms. The summed E-state index contributed by atoms with van der Waals surface area (Å²) in [5.41, 5.74) is 7.21. The molecule has 1 aromatic heterocycles. The molecule has 2 rings (SSSR count). The van der Waals surface area contributed by atoms with Crippen molar-refractivity contribution in [2.24, 2.45) is 0 Å². The number of anilines is 1. The molecule has 1 unspecified atom stereocenters. The lowest BCUT2D eigenvalue weighted by Crippen LogP contribution is -2.27. The molecule has 0 aliphatic rings. The first-order valence-electron chi connectivity index (χ1n) is 5.98. The fourth-order valence-corrected chi connectivity index (χ4v) is 1.70. The predicted molar refractivity (Wildman–Crippen MR) is 73.5 cm³/mol. The van der Waals surface area contributed by atoms with E-state index in [0.29, 0.717) is 5.56 Å². The molecule has 2 aromatic rings. The van der Waals surface area contributed by atoms with Crippen molar-refractivity contribution in [3.8, 4) is 6.07 Å². The highest BCUT2D eigenvalue weighted by molar-refractivity contribution is 5.93. The molecular weight excluding hydrogens is 254 g/mol. The Kier molecular flexibility index (Phi) is 3.91. The minimum Gasteiger partial charge on any atom is -0.384 e. The van der Waals surface area contributed by atoms with Crippen LogP contribution in [0.1, 0.15) is 34.6 Å². The number of nitrogens with two attached hydrogens (primary N) is 1. The average molecular weight is 267 g/mol. The van der Waals surface area contributed by atoms with Gasteiger partial charge in [0.15, 0.2) is 0 Å². The van der Waals surface area contributed by atoms with Crippen LogP contribution in [0, 0.1) is 11.3 Å². The van der Waals surface area contributed by atoms with Crippen molar-refractivity contribution < 1.29 is 4.79 Å². The molecule has 1 aromatic carbocycles. The Morgan fingerprint density at radius 3 is 2.65 bits per heavy atom. The molecule has 0 aliphatic heterocycles. The van der Waals surface area contributed by atoms with Gasteiger partial charge in [0.2, 0.25) is 0 Å². The maximum absolute atomic E-state index is 12.0. The molecule has 100 valence electrons. The Morgan fingerprint density at radius 2 is 2.05 bits per heavy atom. The molecule has 0 aliphatic carbocycles. The molecule has 0 spiro atoms. The topological polar surface area (TPSA) is 105 Å². The van der Waals surface area contributed by atoms with Gasteiger partial charge in [-0.15, -0.1) is 0 Å². The number of benzene rings is 1. The zero-order valence-electron chi connectivity index (χ0n) is 10.9. The van der Waals surface area contributed by atoms with Crippen LogP contribution in [0.15, 0.2) is 36.7 Å². The summed E-state index contributed by atoms with van der Waals surface area (Å²) in [5, 5.41) is 11.6. The minimum absolute atomic E-state index is 0.202. The molecule has 20 heavy (non-hydrogen) atoms. The molecule has 6 heteroatoms. The zero-order chi connectivity index (χ0) is 14.5. The molecule has 0 fully saturated rings. The second kappa shape index (κ2) is 5.80. The van der Waals surface area contributed by atoms with Crippen LogP contribution in [0.5, 0.6) is 0 Å². The highest BCUT2D eigenvalue weighted by atomic mass is 16.1. The average Bonchev–Trinajstić information content (AvgIpc) is 2.47. The lowest BCUT2D eigenvalue weighted by Gasteiger charge is -2.14. The van der Waals surface area contributed by atoms with Crippen LogP contribution < -0.4 is 11.1 Å². The van der Waals surface area contributed by atoms with Gasteiger partial charge in [-0.1, -0.05) is 12.1 Å². The lowest BCUT2D eigenvalue weighted by molar-refractivity contribution is 0.0934. The summed E-state index contributed by atoms with van der Waals surface area (Å²) in [7, 11) is 0. The van der Waals surface area contributed by atoms with Gasteiger partial charge in [-0.3, -0.25) is 4.79 Å². The number of nitrogens with one attached hydrogen (secondary N) is 1. The third-order valence-electron chi connectivity index (χ3n) is 2.81. The number of nitriles is 1. The summed E-state index contributed by atoms with van der Waals surface area (Å²) in [6.07, 6.45) is 1.25. The molecule has 0 radical (unpaired) electrons. The van der Waals surface area contributed by atoms with E-state index in [1.807, 2.05) is 13.0 Å². The Hall–Kier alpha value is -2.94. The predicted octanol–water partition coefficient (Wildman–Crippen LogP) is 1.42. The van der Waals surface area contributed by atoms with Crippen molar-refractivity contribution in [1.29, 1.82) is 5.26 Å². The fraction of sp³-hybridized carbons (Fsp3) is 0.143. The Balaban J connectivity index is 2.09.